The lowest BCUT2D eigenvalue weighted by molar-refractivity contribution is 0.598. The van der Waals surface area contributed by atoms with Crippen molar-refractivity contribution in [2.45, 2.75) is 11.8 Å². The molecule has 0 atom stereocenters. The Balaban J connectivity index is 1.77. The van der Waals surface area contributed by atoms with Crippen molar-refractivity contribution in [3.8, 4) is 11.3 Å². The number of aryl methyl sites for hydroxylation is 1. The third kappa shape index (κ3) is 3.57. The second-order valence-corrected chi connectivity index (χ2v) is 8.31. The molecule has 0 aliphatic carbocycles. The van der Waals surface area contributed by atoms with Crippen molar-refractivity contribution >= 4 is 44.2 Å². The first-order valence-electron chi connectivity index (χ1n) is 8.32. The molecule has 142 valence electrons. The van der Waals surface area contributed by atoms with E-state index in [1.807, 2.05) is 37.4 Å². The van der Waals surface area contributed by atoms with Crippen molar-refractivity contribution in [3.05, 3.63) is 65.4 Å². The second-order valence-electron chi connectivity index (χ2n) is 6.32. The second kappa shape index (κ2) is 6.90. The Morgan fingerprint density at radius 3 is 2.79 bits per heavy atom. The van der Waals surface area contributed by atoms with Crippen LogP contribution in [0.2, 0.25) is 5.02 Å². The Labute approximate surface area is 166 Å². The molecule has 2 aromatic heterocycles. The number of sulfonamides is 1. The van der Waals surface area contributed by atoms with E-state index in [0.717, 1.165) is 27.7 Å². The third-order valence-corrected chi connectivity index (χ3v) is 5.39. The molecule has 28 heavy (non-hydrogen) atoms. The Morgan fingerprint density at radius 1 is 1.18 bits per heavy atom. The molecular weight excluding hydrogens is 398 g/mol. The van der Waals surface area contributed by atoms with Crippen LogP contribution in [0.4, 0.5) is 11.6 Å². The van der Waals surface area contributed by atoms with Crippen LogP contribution in [0.5, 0.6) is 0 Å². The normalized spacial score (nSPS) is 11.7. The van der Waals surface area contributed by atoms with Gasteiger partial charge in [0.25, 0.3) is 0 Å². The lowest BCUT2D eigenvalue weighted by Gasteiger charge is -2.11. The van der Waals surface area contributed by atoms with Gasteiger partial charge in [0.1, 0.15) is 0 Å². The lowest BCUT2D eigenvalue weighted by atomic mass is 10.0. The monoisotopic (exact) mass is 413 g/mol. The first-order valence-corrected chi connectivity index (χ1v) is 10.2. The molecule has 0 aliphatic heterocycles. The number of nitrogens with two attached hydrogens (primary N) is 1. The van der Waals surface area contributed by atoms with Gasteiger partial charge in [-0.15, -0.1) is 0 Å². The van der Waals surface area contributed by atoms with Crippen LogP contribution >= 0.6 is 11.6 Å². The van der Waals surface area contributed by atoms with Crippen molar-refractivity contribution in [1.29, 1.82) is 0 Å². The molecule has 0 bridgehead atoms. The molecule has 0 radical (unpaired) electrons. The molecule has 0 fully saturated rings. The molecule has 0 saturated heterocycles. The van der Waals surface area contributed by atoms with E-state index in [2.05, 4.69) is 20.3 Å². The fourth-order valence-corrected chi connectivity index (χ4v) is 3.88. The quantitative estimate of drug-likeness (QED) is 0.468. The molecule has 9 heteroatoms. The average Bonchev–Trinajstić information content (AvgIpc) is 3.11. The number of benzene rings is 2. The van der Waals surface area contributed by atoms with Crippen LogP contribution in [-0.2, 0) is 10.0 Å². The van der Waals surface area contributed by atoms with E-state index in [4.69, 9.17) is 16.7 Å². The Bertz CT molecular complexity index is 1300. The maximum Gasteiger partial charge on any atom is 0.238 e. The summed E-state index contributed by atoms with van der Waals surface area (Å²) in [5.74, 6) is 0.316. The minimum absolute atomic E-state index is 0.0908. The number of aromatic nitrogens is 3. The predicted octanol–water partition coefficient (Wildman–Crippen LogP) is 3.98. The van der Waals surface area contributed by atoms with Gasteiger partial charge >= 0.3 is 0 Å². The van der Waals surface area contributed by atoms with Crippen molar-refractivity contribution in [1.82, 2.24) is 15.0 Å². The van der Waals surface area contributed by atoms with Gasteiger partial charge in [0.05, 0.1) is 10.6 Å². The fraction of sp³-hybridized carbons (Fsp3) is 0.0526. The Morgan fingerprint density at radius 2 is 2.00 bits per heavy atom. The van der Waals surface area contributed by atoms with Crippen LogP contribution in [0.15, 0.2) is 59.8 Å². The van der Waals surface area contributed by atoms with Crippen LogP contribution in [-0.4, -0.2) is 23.4 Å². The Hall–Kier alpha value is -2.94. The molecule has 0 unspecified atom stereocenters. The maximum absolute atomic E-state index is 11.6. The molecule has 0 saturated carbocycles. The summed E-state index contributed by atoms with van der Waals surface area (Å²) in [6.45, 7) is 1.93. The zero-order chi connectivity index (χ0) is 19.9. The van der Waals surface area contributed by atoms with E-state index in [1.165, 1.54) is 12.1 Å². The molecule has 2 heterocycles. The first kappa shape index (κ1) is 18.4. The van der Waals surface area contributed by atoms with Crippen molar-refractivity contribution in [2.24, 2.45) is 5.14 Å². The van der Waals surface area contributed by atoms with Crippen LogP contribution in [0, 0.1) is 6.92 Å². The first-order chi connectivity index (χ1) is 13.3. The van der Waals surface area contributed by atoms with Crippen LogP contribution in [0.3, 0.4) is 0 Å². The summed E-state index contributed by atoms with van der Waals surface area (Å²) in [6, 6.07) is 12.2. The topological polar surface area (TPSA) is 114 Å². The van der Waals surface area contributed by atoms with Crippen LogP contribution in [0.1, 0.15) is 5.56 Å². The van der Waals surface area contributed by atoms with Gasteiger partial charge < -0.3 is 10.3 Å². The smallest absolute Gasteiger partial charge is 0.238 e. The fourth-order valence-electron chi connectivity index (χ4n) is 3.00. The average molecular weight is 414 g/mol. The summed E-state index contributed by atoms with van der Waals surface area (Å²) in [7, 11) is -3.88. The van der Waals surface area contributed by atoms with Gasteiger partial charge in [-0.2, -0.15) is 0 Å². The molecule has 0 amide bonds. The number of nitrogens with one attached hydrogen (secondary N) is 2. The Kier molecular flexibility index (Phi) is 4.54. The summed E-state index contributed by atoms with van der Waals surface area (Å²) in [5.41, 5.74) is 4.09. The number of halogens is 1. The minimum atomic E-state index is -3.88. The van der Waals surface area contributed by atoms with Crippen molar-refractivity contribution in [3.63, 3.8) is 0 Å². The number of hydrogen-bond donors (Lipinski definition) is 3. The lowest BCUT2D eigenvalue weighted by Crippen LogP contribution is -2.12. The highest BCUT2D eigenvalue weighted by atomic mass is 35.5. The number of aromatic amines is 1. The van der Waals surface area contributed by atoms with E-state index in [-0.39, 0.29) is 9.92 Å². The molecule has 7 nitrogen and oxygen atoms in total. The van der Waals surface area contributed by atoms with Crippen LogP contribution < -0.4 is 10.5 Å². The highest BCUT2D eigenvalue weighted by molar-refractivity contribution is 7.89. The van der Waals surface area contributed by atoms with Gasteiger partial charge in [0, 0.05) is 39.6 Å². The highest BCUT2D eigenvalue weighted by Gasteiger charge is 2.13. The van der Waals surface area contributed by atoms with E-state index < -0.39 is 10.0 Å². The largest absolute Gasteiger partial charge is 0.361 e. The number of H-pyrrole nitrogens is 1. The summed E-state index contributed by atoms with van der Waals surface area (Å²) >= 11 is 6.02. The number of anilines is 2. The summed E-state index contributed by atoms with van der Waals surface area (Å²) in [5, 5.41) is 9.49. The number of rotatable bonds is 4. The number of primary sulfonamides is 1. The molecule has 0 spiro atoms. The van der Waals surface area contributed by atoms with Crippen LogP contribution in [0.25, 0.3) is 22.2 Å². The van der Waals surface area contributed by atoms with E-state index in [9.17, 15) is 8.42 Å². The number of nitrogens with zero attached hydrogens (tertiary/aromatic N) is 2. The molecule has 0 aliphatic rings. The molecule has 2 aromatic carbocycles. The van der Waals surface area contributed by atoms with Gasteiger partial charge in [0.2, 0.25) is 16.0 Å². The van der Waals surface area contributed by atoms with Gasteiger partial charge in [-0.25, -0.2) is 23.5 Å². The third-order valence-electron chi connectivity index (χ3n) is 4.28. The van der Waals surface area contributed by atoms with E-state index >= 15 is 0 Å². The van der Waals surface area contributed by atoms with E-state index in [0.29, 0.717) is 11.6 Å². The molecule has 4 aromatic rings. The summed E-state index contributed by atoms with van der Waals surface area (Å²) < 4.78 is 23.3. The van der Waals surface area contributed by atoms with Gasteiger partial charge in [-0.1, -0.05) is 23.7 Å². The molecular formula is C19H16ClN5O2S. The SMILES string of the molecule is Cc1cnc(Nc2cc(Cl)cc(S(N)(=O)=O)c2)nc1-c1cccc2[nH]ccc12. The summed E-state index contributed by atoms with van der Waals surface area (Å²) in [4.78, 5) is 12.0. The van der Waals surface area contributed by atoms with Crippen molar-refractivity contribution < 1.29 is 8.42 Å². The molecule has 4 N–H and O–H groups in total. The number of hydrogen-bond acceptors (Lipinski definition) is 5. The van der Waals surface area contributed by atoms with Gasteiger partial charge in [-0.3, -0.25) is 0 Å². The van der Waals surface area contributed by atoms with Gasteiger partial charge in [0.15, 0.2) is 0 Å². The van der Waals surface area contributed by atoms with Crippen molar-refractivity contribution in [2.75, 3.05) is 5.32 Å². The molecule has 4 rings (SSSR count). The summed E-state index contributed by atoms with van der Waals surface area (Å²) in [6.07, 6.45) is 3.59. The zero-order valence-electron chi connectivity index (χ0n) is 14.8. The predicted molar refractivity (Wildman–Crippen MR) is 110 cm³/mol. The highest BCUT2D eigenvalue weighted by Crippen LogP contribution is 2.30. The van der Waals surface area contributed by atoms with E-state index in [1.54, 1.807) is 12.3 Å². The standard InChI is InChI=1S/C19H16ClN5O2S/c1-11-10-23-19(24-13-7-12(20)8-14(9-13)28(21,26)27)25-18(11)16-3-2-4-17-15(16)5-6-22-17/h2-10,22H,1H3,(H2,21,26,27)(H,23,24,25). The maximum atomic E-state index is 11.6. The zero-order valence-corrected chi connectivity index (χ0v) is 16.3. The van der Waals surface area contributed by atoms with Gasteiger partial charge in [-0.05, 0) is 42.8 Å². The minimum Gasteiger partial charge on any atom is -0.361 e. The number of fused-ring (bicyclic) bond motifs is 1.